The highest BCUT2D eigenvalue weighted by molar-refractivity contribution is 5.58. The summed E-state index contributed by atoms with van der Waals surface area (Å²) in [4.78, 5) is 16.2. The fourth-order valence-corrected chi connectivity index (χ4v) is 2.50. The Morgan fingerprint density at radius 3 is 2.43 bits per heavy atom. The number of H-pyrrole nitrogens is 2. The zero-order chi connectivity index (χ0) is 15.2. The lowest BCUT2D eigenvalue weighted by Gasteiger charge is -2.17. The second-order valence-electron chi connectivity index (χ2n) is 5.17. The summed E-state index contributed by atoms with van der Waals surface area (Å²) in [5.74, 6) is 0. The van der Waals surface area contributed by atoms with Crippen molar-refractivity contribution in [2.24, 2.45) is 0 Å². The molecule has 114 valence electrons. The van der Waals surface area contributed by atoms with E-state index in [0.717, 1.165) is 18.5 Å². The van der Waals surface area contributed by atoms with Gasteiger partial charge in [-0.1, -0.05) is 32.0 Å². The van der Waals surface area contributed by atoms with Gasteiger partial charge in [0.15, 0.2) is 0 Å². The lowest BCUT2D eigenvalue weighted by atomic mass is 10.0. The van der Waals surface area contributed by atoms with E-state index in [9.17, 15) is 9.90 Å². The van der Waals surface area contributed by atoms with Gasteiger partial charge < -0.3 is 20.4 Å². The first-order valence-corrected chi connectivity index (χ1v) is 7.43. The fourth-order valence-electron chi connectivity index (χ4n) is 2.50. The number of aromatic amines is 2. The van der Waals surface area contributed by atoms with Gasteiger partial charge in [0.25, 0.3) is 0 Å². The van der Waals surface area contributed by atoms with E-state index in [1.807, 2.05) is 0 Å². The highest BCUT2D eigenvalue weighted by atomic mass is 16.3. The van der Waals surface area contributed by atoms with Crippen LogP contribution in [0.3, 0.4) is 0 Å². The van der Waals surface area contributed by atoms with Gasteiger partial charge in [0, 0.05) is 30.5 Å². The SMILES string of the molecule is CCc1cccc(CC)c1NCC(O)Cc1c[nH]c(=O)[nH]1. The van der Waals surface area contributed by atoms with Crippen molar-refractivity contribution < 1.29 is 5.11 Å². The molecule has 5 nitrogen and oxygen atoms in total. The van der Waals surface area contributed by atoms with Crippen LogP contribution in [-0.2, 0) is 19.3 Å². The summed E-state index contributed by atoms with van der Waals surface area (Å²) in [6, 6.07) is 6.29. The standard InChI is InChI=1S/C16H23N3O2/c1-3-11-6-5-7-12(4-2)15(11)17-10-14(20)8-13-9-18-16(21)19-13/h5-7,9,14,17,20H,3-4,8,10H2,1-2H3,(H2,18,19,21). The molecule has 0 saturated carbocycles. The van der Waals surface area contributed by atoms with E-state index in [2.05, 4.69) is 47.3 Å². The van der Waals surface area contributed by atoms with Crippen LogP contribution in [0.25, 0.3) is 0 Å². The third kappa shape index (κ3) is 3.98. The number of aliphatic hydroxyl groups is 1. The van der Waals surface area contributed by atoms with E-state index >= 15 is 0 Å². The summed E-state index contributed by atoms with van der Waals surface area (Å²) in [6.45, 7) is 4.71. The predicted octanol–water partition coefficient (Wildman–Crippen LogP) is 1.84. The summed E-state index contributed by atoms with van der Waals surface area (Å²) < 4.78 is 0. The number of imidazole rings is 1. The fraction of sp³-hybridized carbons (Fsp3) is 0.438. The summed E-state index contributed by atoms with van der Waals surface area (Å²) in [6.07, 6.45) is 3.38. The Labute approximate surface area is 124 Å². The van der Waals surface area contributed by atoms with E-state index in [1.165, 1.54) is 11.1 Å². The maximum atomic E-state index is 11.0. The molecule has 1 heterocycles. The monoisotopic (exact) mass is 289 g/mol. The van der Waals surface area contributed by atoms with Crippen molar-refractivity contribution in [3.8, 4) is 0 Å². The highest BCUT2D eigenvalue weighted by Gasteiger charge is 2.10. The van der Waals surface area contributed by atoms with Crippen molar-refractivity contribution in [1.82, 2.24) is 9.97 Å². The number of aliphatic hydroxyl groups excluding tert-OH is 1. The molecule has 4 N–H and O–H groups in total. The number of benzene rings is 1. The van der Waals surface area contributed by atoms with Crippen molar-refractivity contribution in [2.45, 2.75) is 39.2 Å². The van der Waals surface area contributed by atoms with Crippen molar-refractivity contribution in [1.29, 1.82) is 0 Å². The van der Waals surface area contributed by atoms with E-state index in [1.54, 1.807) is 6.20 Å². The first-order chi connectivity index (χ1) is 10.1. The molecule has 0 aliphatic rings. The summed E-state index contributed by atoms with van der Waals surface area (Å²) in [7, 11) is 0. The minimum absolute atomic E-state index is 0.241. The van der Waals surface area contributed by atoms with Crippen molar-refractivity contribution >= 4 is 5.69 Å². The molecular weight excluding hydrogens is 266 g/mol. The summed E-state index contributed by atoms with van der Waals surface area (Å²) in [5.41, 5.74) is 4.13. The third-order valence-electron chi connectivity index (χ3n) is 3.62. The molecule has 1 aromatic carbocycles. The Bertz CT molecular complexity index is 608. The number of aryl methyl sites for hydroxylation is 2. The number of para-hydroxylation sites is 1. The molecule has 2 aromatic rings. The van der Waals surface area contributed by atoms with Crippen LogP contribution in [0.15, 0.2) is 29.2 Å². The minimum atomic E-state index is -0.550. The number of rotatable bonds is 7. The Hall–Kier alpha value is -2.01. The summed E-state index contributed by atoms with van der Waals surface area (Å²) >= 11 is 0. The highest BCUT2D eigenvalue weighted by Crippen LogP contribution is 2.22. The molecule has 1 unspecified atom stereocenters. The summed E-state index contributed by atoms with van der Waals surface area (Å²) in [5, 5.41) is 13.5. The molecule has 0 amide bonds. The van der Waals surface area contributed by atoms with Gasteiger partial charge >= 0.3 is 5.69 Å². The van der Waals surface area contributed by atoms with Crippen LogP contribution >= 0.6 is 0 Å². The Morgan fingerprint density at radius 2 is 1.90 bits per heavy atom. The number of hydrogen-bond donors (Lipinski definition) is 4. The van der Waals surface area contributed by atoms with Gasteiger partial charge in [0.05, 0.1) is 6.10 Å². The normalized spacial score (nSPS) is 12.3. The smallest absolute Gasteiger partial charge is 0.323 e. The lowest BCUT2D eigenvalue weighted by Crippen LogP contribution is -2.23. The molecule has 5 heteroatoms. The van der Waals surface area contributed by atoms with E-state index in [4.69, 9.17) is 0 Å². The van der Waals surface area contributed by atoms with Gasteiger partial charge in [0.2, 0.25) is 0 Å². The minimum Gasteiger partial charge on any atom is -0.391 e. The van der Waals surface area contributed by atoms with Crippen LogP contribution in [-0.4, -0.2) is 27.7 Å². The second-order valence-corrected chi connectivity index (χ2v) is 5.17. The maximum absolute atomic E-state index is 11.0. The lowest BCUT2D eigenvalue weighted by molar-refractivity contribution is 0.187. The van der Waals surface area contributed by atoms with E-state index in [-0.39, 0.29) is 5.69 Å². The van der Waals surface area contributed by atoms with Gasteiger partial charge in [0.1, 0.15) is 0 Å². The quantitative estimate of drug-likeness (QED) is 0.628. The Balaban J connectivity index is 2.00. The van der Waals surface area contributed by atoms with Gasteiger partial charge in [-0.15, -0.1) is 0 Å². The molecule has 0 bridgehead atoms. The molecule has 0 aliphatic heterocycles. The average Bonchev–Trinajstić information content (AvgIpc) is 2.89. The van der Waals surface area contributed by atoms with Crippen molar-refractivity contribution in [3.63, 3.8) is 0 Å². The van der Waals surface area contributed by atoms with Gasteiger partial charge in [-0.2, -0.15) is 0 Å². The number of anilines is 1. The number of nitrogens with one attached hydrogen (secondary N) is 3. The largest absolute Gasteiger partial charge is 0.391 e. The molecule has 1 aromatic heterocycles. The second kappa shape index (κ2) is 7.13. The first kappa shape index (κ1) is 15.4. The zero-order valence-corrected chi connectivity index (χ0v) is 12.6. The van der Waals surface area contributed by atoms with Crippen molar-refractivity contribution in [2.75, 3.05) is 11.9 Å². The van der Waals surface area contributed by atoms with Gasteiger partial charge in [-0.3, -0.25) is 0 Å². The van der Waals surface area contributed by atoms with Crippen LogP contribution in [0, 0.1) is 0 Å². The Morgan fingerprint density at radius 1 is 1.24 bits per heavy atom. The molecule has 0 saturated heterocycles. The molecule has 0 radical (unpaired) electrons. The zero-order valence-electron chi connectivity index (χ0n) is 12.6. The maximum Gasteiger partial charge on any atom is 0.323 e. The molecular formula is C16H23N3O2. The third-order valence-corrected chi connectivity index (χ3v) is 3.62. The molecule has 2 rings (SSSR count). The first-order valence-electron chi connectivity index (χ1n) is 7.43. The van der Waals surface area contributed by atoms with Crippen LogP contribution in [0.1, 0.15) is 30.7 Å². The van der Waals surface area contributed by atoms with Crippen molar-refractivity contribution in [3.05, 3.63) is 51.7 Å². The molecule has 1 atom stereocenters. The van der Waals surface area contributed by atoms with E-state index < -0.39 is 6.10 Å². The van der Waals surface area contributed by atoms with Gasteiger partial charge in [-0.25, -0.2) is 4.79 Å². The predicted molar refractivity (Wildman–Crippen MR) is 84.8 cm³/mol. The van der Waals surface area contributed by atoms with Crippen LogP contribution in [0.4, 0.5) is 5.69 Å². The van der Waals surface area contributed by atoms with Gasteiger partial charge in [-0.05, 0) is 24.0 Å². The average molecular weight is 289 g/mol. The Kier molecular flexibility index (Phi) is 5.22. The van der Waals surface area contributed by atoms with Crippen LogP contribution < -0.4 is 11.0 Å². The molecule has 21 heavy (non-hydrogen) atoms. The van der Waals surface area contributed by atoms with Crippen LogP contribution in [0.2, 0.25) is 0 Å². The topological polar surface area (TPSA) is 80.9 Å². The van der Waals surface area contributed by atoms with Crippen LogP contribution in [0.5, 0.6) is 0 Å². The van der Waals surface area contributed by atoms with E-state index in [0.29, 0.717) is 18.7 Å². The number of aromatic nitrogens is 2. The molecule has 0 aliphatic carbocycles. The molecule has 0 fully saturated rings. The molecule has 0 spiro atoms. The number of hydrogen-bond acceptors (Lipinski definition) is 3.